The van der Waals surface area contributed by atoms with Gasteiger partial charge < -0.3 is 14.7 Å². The number of ketones is 1. The van der Waals surface area contributed by atoms with E-state index >= 15 is 0 Å². The first-order valence-corrected chi connectivity index (χ1v) is 9.83. The molecular weight excluding hydrogens is 388 g/mol. The first kappa shape index (κ1) is 18.9. The Morgan fingerprint density at radius 3 is 2.66 bits per heavy atom. The summed E-state index contributed by atoms with van der Waals surface area (Å²) in [7, 11) is 1.55. The van der Waals surface area contributed by atoms with Crippen LogP contribution in [0.1, 0.15) is 22.0 Å². The van der Waals surface area contributed by atoms with Crippen LogP contribution in [0, 0.1) is 0 Å². The second-order valence-corrected chi connectivity index (χ2v) is 7.55. The van der Waals surface area contributed by atoms with Gasteiger partial charge in [-0.1, -0.05) is 18.2 Å². The zero-order chi connectivity index (χ0) is 20.4. The lowest BCUT2D eigenvalue weighted by Gasteiger charge is -2.25. The molecule has 1 atom stereocenters. The van der Waals surface area contributed by atoms with Gasteiger partial charge in [0.05, 0.1) is 25.3 Å². The van der Waals surface area contributed by atoms with Crippen LogP contribution in [-0.4, -0.2) is 33.8 Å². The summed E-state index contributed by atoms with van der Waals surface area (Å²) in [5.41, 5.74) is 1.18. The first-order chi connectivity index (χ1) is 14.1. The number of hydrogen-bond acceptors (Lipinski definition) is 6. The molecule has 0 spiro atoms. The third-order valence-electron chi connectivity index (χ3n) is 4.81. The van der Waals surface area contributed by atoms with Gasteiger partial charge in [-0.25, -0.2) is 0 Å². The lowest BCUT2D eigenvalue weighted by molar-refractivity contribution is -0.140. The van der Waals surface area contributed by atoms with Gasteiger partial charge in [0.25, 0.3) is 11.7 Å². The fourth-order valence-corrected chi connectivity index (χ4v) is 4.14. The Bertz CT molecular complexity index is 1080. The number of aliphatic hydroxyl groups excluding tert-OH is 1. The molecule has 1 fully saturated rings. The van der Waals surface area contributed by atoms with E-state index in [1.54, 1.807) is 37.4 Å². The lowest BCUT2D eigenvalue weighted by atomic mass is 9.95. The summed E-state index contributed by atoms with van der Waals surface area (Å²) in [6.45, 7) is 0.275. The minimum absolute atomic E-state index is 0.0611. The largest absolute Gasteiger partial charge is 0.507 e. The summed E-state index contributed by atoms with van der Waals surface area (Å²) >= 11 is 1.51. The van der Waals surface area contributed by atoms with Crippen LogP contribution in [0.5, 0.6) is 5.75 Å². The molecule has 0 saturated carbocycles. The number of carbonyl (C=O) groups is 2. The molecule has 7 heteroatoms. The molecule has 1 aliphatic heterocycles. The number of hydrogen-bond donors (Lipinski definition) is 1. The van der Waals surface area contributed by atoms with E-state index in [-0.39, 0.29) is 17.9 Å². The van der Waals surface area contributed by atoms with Crippen molar-refractivity contribution in [3.8, 4) is 5.75 Å². The number of ether oxygens (including phenoxy) is 1. The number of aromatic nitrogens is 1. The second-order valence-electron chi connectivity index (χ2n) is 6.52. The van der Waals surface area contributed by atoms with Crippen molar-refractivity contribution in [1.29, 1.82) is 0 Å². The summed E-state index contributed by atoms with van der Waals surface area (Å²) < 4.78 is 5.32. The highest BCUT2D eigenvalue weighted by molar-refractivity contribution is 7.09. The molecule has 1 aromatic carbocycles. The number of methoxy groups -OCH3 is 1. The van der Waals surface area contributed by atoms with Crippen LogP contribution < -0.4 is 4.74 Å². The fourth-order valence-electron chi connectivity index (χ4n) is 3.44. The third kappa shape index (κ3) is 3.52. The standard InChI is InChI=1S/C22H18N2O4S/c1-28-16-5-2-4-15(12-16)19-18(20(25)14-7-9-23-10-8-14)21(26)22(27)24(19)13-17-6-3-11-29-17/h2-12,19,25H,13H2,1H3/b20-18-. The topological polar surface area (TPSA) is 79.7 Å². The number of thiophene rings is 1. The first-order valence-electron chi connectivity index (χ1n) is 8.95. The van der Waals surface area contributed by atoms with Gasteiger partial charge in [0.2, 0.25) is 0 Å². The average molecular weight is 406 g/mol. The summed E-state index contributed by atoms with van der Waals surface area (Å²) in [5, 5.41) is 12.9. The number of nitrogens with zero attached hydrogens (tertiary/aromatic N) is 2. The molecule has 1 N–H and O–H groups in total. The van der Waals surface area contributed by atoms with Crippen molar-refractivity contribution >= 4 is 28.8 Å². The highest BCUT2D eigenvalue weighted by Crippen LogP contribution is 2.41. The van der Waals surface area contributed by atoms with Crippen molar-refractivity contribution in [3.05, 3.63) is 87.9 Å². The molecule has 0 aliphatic carbocycles. The molecule has 1 saturated heterocycles. The number of rotatable bonds is 5. The Morgan fingerprint density at radius 2 is 1.97 bits per heavy atom. The van der Waals surface area contributed by atoms with Crippen molar-refractivity contribution in [3.63, 3.8) is 0 Å². The zero-order valence-electron chi connectivity index (χ0n) is 15.6. The number of pyridine rings is 1. The van der Waals surface area contributed by atoms with E-state index in [1.807, 2.05) is 23.6 Å². The van der Waals surface area contributed by atoms with Gasteiger partial charge >= 0.3 is 0 Å². The minimum atomic E-state index is -0.722. The van der Waals surface area contributed by atoms with Gasteiger partial charge in [-0.05, 0) is 41.3 Å². The minimum Gasteiger partial charge on any atom is -0.507 e. The molecular formula is C22H18N2O4S. The zero-order valence-corrected chi connectivity index (χ0v) is 16.4. The Hall–Kier alpha value is -3.45. The van der Waals surface area contributed by atoms with Crippen molar-refractivity contribution in [1.82, 2.24) is 9.88 Å². The van der Waals surface area contributed by atoms with E-state index in [1.165, 1.54) is 28.6 Å². The number of Topliss-reactive ketones (excluding diaryl/α,β-unsaturated/α-hetero) is 1. The Morgan fingerprint density at radius 1 is 1.17 bits per heavy atom. The molecule has 1 aliphatic rings. The van der Waals surface area contributed by atoms with Gasteiger partial charge in [-0.3, -0.25) is 14.6 Å². The van der Waals surface area contributed by atoms with Crippen LogP contribution >= 0.6 is 11.3 Å². The SMILES string of the molecule is COc1cccc(C2/C(=C(/O)c3ccncc3)C(=O)C(=O)N2Cc2cccs2)c1. The lowest BCUT2D eigenvalue weighted by Crippen LogP contribution is -2.28. The van der Waals surface area contributed by atoms with Gasteiger partial charge in [-0.15, -0.1) is 11.3 Å². The highest BCUT2D eigenvalue weighted by Gasteiger charge is 2.46. The quantitative estimate of drug-likeness (QED) is 0.396. The van der Waals surface area contributed by atoms with Crippen LogP contribution in [0.2, 0.25) is 0 Å². The maximum Gasteiger partial charge on any atom is 0.295 e. The molecule has 1 amide bonds. The summed E-state index contributed by atoms with van der Waals surface area (Å²) in [5.74, 6) is -0.953. The Balaban J connectivity index is 1.88. The van der Waals surface area contributed by atoms with Crippen molar-refractivity contribution in [2.45, 2.75) is 12.6 Å². The molecule has 3 aromatic rings. The van der Waals surface area contributed by atoms with E-state index in [4.69, 9.17) is 4.74 Å². The molecule has 6 nitrogen and oxygen atoms in total. The molecule has 0 radical (unpaired) electrons. The summed E-state index contributed by atoms with van der Waals surface area (Å²) in [6.07, 6.45) is 3.05. The number of aliphatic hydroxyl groups is 1. The van der Waals surface area contributed by atoms with Crippen LogP contribution in [0.4, 0.5) is 0 Å². The maximum absolute atomic E-state index is 12.9. The average Bonchev–Trinajstić information content (AvgIpc) is 3.36. The van der Waals surface area contributed by atoms with E-state index in [2.05, 4.69) is 4.98 Å². The molecule has 3 heterocycles. The number of benzene rings is 1. The predicted octanol–water partition coefficient (Wildman–Crippen LogP) is 3.77. The fraction of sp³-hybridized carbons (Fsp3) is 0.136. The molecule has 0 bridgehead atoms. The van der Waals surface area contributed by atoms with Crippen LogP contribution in [0.3, 0.4) is 0 Å². The van der Waals surface area contributed by atoms with Crippen LogP contribution in [-0.2, 0) is 16.1 Å². The monoisotopic (exact) mass is 406 g/mol. The van der Waals surface area contributed by atoms with E-state index in [0.717, 1.165) is 4.88 Å². The van der Waals surface area contributed by atoms with E-state index in [9.17, 15) is 14.7 Å². The number of amides is 1. The van der Waals surface area contributed by atoms with Gasteiger partial charge in [0, 0.05) is 22.8 Å². The maximum atomic E-state index is 12.9. The number of carbonyl (C=O) groups excluding carboxylic acids is 2. The van der Waals surface area contributed by atoms with E-state index in [0.29, 0.717) is 16.9 Å². The van der Waals surface area contributed by atoms with Crippen LogP contribution in [0.15, 0.2) is 71.9 Å². The summed E-state index contributed by atoms with van der Waals surface area (Å²) in [4.78, 5) is 32.2. The molecule has 146 valence electrons. The van der Waals surface area contributed by atoms with Crippen LogP contribution in [0.25, 0.3) is 5.76 Å². The van der Waals surface area contributed by atoms with Gasteiger partial charge in [-0.2, -0.15) is 0 Å². The molecule has 29 heavy (non-hydrogen) atoms. The summed E-state index contributed by atoms with van der Waals surface area (Å²) in [6, 6.07) is 13.5. The Labute approximate surface area is 171 Å². The van der Waals surface area contributed by atoms with E-state index < -0.39 is 17.7 Å². The third-order valence-corrected chi connectivity index (χ3v) is 5.67. The Kier molecular flexibility index (Phi) is 5.14. The van der Waals surface area contributed by atoms with Crippen molar-refractivity contribution < 1.29 is 19.4 Å². The number of likely N-dealkylation sites (tertiary alicyclic amines) is 1. The predicted molar refractivity (Wildman–Crippen MR) is 109 cm³/mol. The van der Waals surface area contributed by atoms with Crippen molar-refractivity contribution in [2.75, 3.05) is 7.11 Å². The molecule has 4 rings (SSSR count). The smallest absolute Gasteiger partial charge is 0.295 e. The van der Waals surface area contributed by atoms with Crippen molar-refractivity contribution in [2.24, 2.45) is 0 Å². The second kappa shape index (κ2) is 7.89. The molecule has 1 unspecified atom stereocenters. The van der Waals surface area contributed by atoms with Gasteiger partial charge in [0.15, 0.2) is 0 Å². The normalized spacial score (nSPS) is 18.2. The molecule has 2 aromatic heterocycles. The highest BCUT2D eigenvalue weighted by atomic mass is 32.1. The van der Waals surface area contributed by atoms with Gasteiger partial charge in [0.1, 0.15) is 11.5 Å².